The van der Waals surface area contributed by atoms with Gasteiger partial charge in [0.2, 0.25) is 5.95 Å². The van der Waals surface area contributed by atoms with E-state index >= 15 is 0 Å². The number of nitrogens with zero attached hydrogens (tertiary/aromatic N) is 3. The van der Waals surface area contributed by atoms with E-state index in [0.717, 1.165) is 10.9 Å². The van der Waals surface area contributed by atoms with Gasteiger partial charge >= 0.3 is 5.97 Å². The molecule has 6 nitrogen and oxygen atoms in total. The summed E-state index contributed by atoms with van der Waals surface area (Å²) in [5.41, 5.74) is 0.860. The van der Waals surface area contributed by atoms with Crippen LogP contribution in [0.3, 0.4) is 0 Å². The highest BCUT2D eigenvalue weighted by molar-refractivity contribution is 5.83. The zero-order chi connectivity index (χ0) is 13.9. The van der Waals surface area contributed by atoms with E-state index in [4.69, 9.17) is 9.84 Å². The van der Waals surface area contributed by atoms with Crippen molar-refractivity contribution in [3.8, 4) is 11.7 Å². The van der Waals surface area contributed by atoms with Gasteiger partial charge in [0.1, 0.15) is 5.75 Å². The van der Waals surface area contributed by atoms with Crippen molar-refractivity contribution in [2.45, 2.75) is 0 Å². The van der Waals surface area contributed by atoms with E-state index in [1.165, 1.54) is 0 Å². The average molecular weight is 269 g/mol. The van der Waals surface area contributed by atoms with Crippen LogP contribution in [0.25, 0.3) is 16.9 Å². The second kappa shape index (κ2) is 5.00. The highest BCUT2D eigenvalue weighted by atomic mass is 16.5. The lowest BCUT2D eigenvalue weighted by atomic mass is 10.2. The van der Waals surface area contributed by atoms with Crippen LogP contribution in [-0.2, 0) is 4.79 Å². The molecule has 0 unspecified atom stereocenters. The van der Waals surface area contributed by atoms with E-state index < -0.39 is 5.97 Å². The van der Waals surface area contributed by atoms with Crippen molar-refractivity contribution in [1.29, 1.82) is 0 Å². The number of aliphatic carboxylic acids is 1. The predicted octanol–water partition coefficient (Wildman–Crippen LogP) is 1.88. The molecule has 0 spiro atoms. The summed E-state index contributed by atoms with van der Waals surface area (Å²) >= 11 is 0. The predicted molar refractivity (Wildman–Crippen MR) is 72.0 cm³/mol. The fourth-order valence-electron chi connectivity index (χ4n) is 1.93. The SMILES string of the molecule is O=C(O)COc1ccc2ccn(-c3ncccn3)c2c1. The Balaban J connectivity index is 2.02. The summed E-state index contributed by atoms with van der Waals surface area (Å²) in [7, 11) is 0. The van der Waals surface area contributed by atoms with Crippen LogP contribution in [-0.4, -0.2) is 32.2 Å². The van der Waals surface area contributed by atoms with Crippen molar-refractivity contribution < 1.29 is 14.6 Å². The quantitative estimate of drug-likeness (QED) is 0.782. The molecule has 0 fully saturated rings. The Morgan fingerprint density at radius 2 is 2.05 bits per heavy atom. The van der Waals surface area contributed by atoms with Crippen LogP contribution >= 0.6 is 0 Å². The Morgan fingerprint density at radius 3 is 2.80 bits per heavy atom. The summed E-state index contributed by atoms with van der Waals surface area (Å²) in [4.78, 5) is 18.9. The molecule has 1 aromatic carbocycles. The number of carboxylic acids is 1. The summed E-state index contributed by atoms with van der Waals surface area (Å²) in [5, 5.41) is 9.63. The number of benzene rings is 1. The van der Waals surface area contributed by atoms with Crippen LogP contribution in [0.4, 0.5) is 0 Å². The number of carbonyl (C=O) groups is 1. The first-order chi connectivity index (χ1) is 9.74. The molecular formula is C14H11N3O3. The molecule has 0 saturated heterocycles. The molecule has 0 radical (unpaired) electrons. The molecule has 0 bridgehead atoms. The summed E-state index contributed by atoms with van der Waals surface area (Å²) in [5.74, 6) is 0.0422. The van der Waals surface area contributed by atoms with E-state index in [0.29, 0.717) is 11.7 Å². The van der Waals surface area contributed by atoms with Gasteiger partial charge in [0, 0.05) is 30.0 Å². The Morgan fingerprint density at radius 1 is 1.25 bits per heavy atom. The van der Waals surface area contributed by atoms with E-state index in [1.807, 2.05) is 22.9 Å². The fourth-order valence-corrected chi connectivity index (χ4v) is 1.93. The van der Waals surface area contributed by atoms with Gasteiger partial charge in [0.15, 0.2) is 6.61 Å². The molecule has 6 heteroatoms. The fraction of sp³-hybridized carbons (Fsp3) is 0.0714. The Kier molecular flexibility index (Phi) is 3.04. The van der Waals surface area contributed by atoms with E-state index in [-0.39, 0.29) is 6.61 Å². The average Bonchev–Trinajstić information content (AvgIpc) is 2.89. The van der Waals surface area contributed by atoms with Crippen LogP contribution in [0.5, 0.6) is 5.75 Å². The second-order valence-corrected chi connectivity index (χ2v) is 4.14. The lowest BCUT2D eigenvalue weighted by Crippen LogP contribution is -2.09. The zero-order valence-corrected chi connectivity index (χ0v) is 10.4. The number of hydrogen-bond donors (Lipinski definition) is 1. The molecule has 100 valence electrons. The highest BCUT2D eigenvalue weighted by Gasteiger charge is 2.07. The van der Waals surface area contributed by atoms with E-state index in [2.05, 4.69) is 9.97 Å². The summed E-state index contributed by atoms with van der Waals surface area (Å²) in [6.45, 7) is -0.367. The van der Waals surface area contributed by atoms with Crippen LogP contribution < -0.4 is 4.74 Å². The largest absolute Gasteiger partial charge is 0.482 e. The number of rotatable bonds is 4. The first-order valence-electron chi connectivity index (χ1n) is 5.97. The molecule has 3 aromatic rings. The monoisotopic (exact) mass is 269 g/mol. The van der Waals surface area contributed by atoms with Crippen LogP contribution in [0.2, 0.25) is 0 Å². The van der Waals surface area contributed by atoms with Gasteiger partial charge < -0.3 is 9.84 Å². The standard InChI is InChI=1S/C14H11N3O3/c18-13(19)9-20-11-3-2-10-4-7-17(12(10)8-11)14-15-5-1-6-16-14/h1-8H,9H2,(H,18,19). The first kappa shape index (κ1) is 12.2. The van der Waals surface area contributed by atoms with Gasteiger partial charge in [-0.2, -0.15) is 0 Å². The van der Waals surface area contributed by atoms with Crippen LogP contribution in [0.1, 0.15) is 0 Å². The molecule has 3 rings (SSSR count). The number of ether oxygens (including phenoxy) is 1. The summed E-state index contributed by atoms with van der Waals surface area (Å²) in [6, 6.07) is 9.06. The third kappa shape index (κ3) is 2.31. The Hall–Kier alpha value is -2.89. The zero-order valence-electron chi connectivity index (χ0n) is 10.4. The lowest BCUT2D eigenvalue weighted by Gasteiger charge is -2.06. The number of hydrogen-bond acceptors (Lipinski definition) is 4. The van der Waals surface area contributed by atoms with Crippen LogP contribution in [0, 0.1) is 0 Å². The molecule has 2 heterocycles. The van der Waals surface area contributed by atoms with Crippen molar-refractivity contribution in [2.24, 2.45) is 0 Å². The van der Waals surface area contributed by atoms with Crippen molar-refractivity contribution in [3.63, 3.8) is 0 Å². The van der Waals surface area contributed by atoms with Gasteiger partial charge in [-0.25, -0.2) is 14.8 Å². The van der Waals surface area contributed by atoms with E-state index in [1.54, 1.807) is 30.6 Å². The molecule has 0 saturated carbocycles. The normalized spacial score (nSPS) is 10.6. The summed E-state index contributed by atoms with van der Waals surface area (Å²) < 4.78 is 7.00. The first-order valence-corrected chi connectivity index (χ1v) is 5.97. The maximum Gasteiger partial charge on any atom is 0.341 e. The topological polar surface area (TPSA) is 77.2 Å². The minimum atomic E-state index is -1.01. The molecule has 0 amide bonds. The van der Waals surface area contributed by atoms with Crippen molar-refractivity contribution >= 4 is 16.9 Å². The molecule has 1 N–H and O–H groups in total. The van der Waals surface area contributed by atoms with Gasteiger partial charge in [0.05, 0.1) is 5.52 Å². The van der Waals surface area contributed by atoms with Gasteiger partial charge in [0.25, 0.3) is 0 Å². The van der Waals surface area contributed by atoms with Gasteiger partial charge in [-0.1, -0.05) is 0 Å². The van der Waals surface area contributed by atoms with E-state index in [9.17, 15) is 4.79 Å². The van der Waals surface area contributed by atoms with Gasteiger partial charge in [-0.05, 0) is 24.3 Å². The van der Waals surface area contributed by atoms with Gasteiger partial charge in [-0.3, -0.25) is 4.57 Å². The smallest absolute Gasteiger partial charge is 0.341 e. The number of aromatic nitrogens is 3. The minimum absolute atomic E-state index is 0.367. The highest BCUT2D eigenvalue weighted by Crippen LogP contribution is 2.23. The summed E-state index contributed by atoms with van der Waals surface area (Å²) in [6.07, 6.45) is 5.19. The van der Waals surface area contributed by atoms with Crippen molar-refractivity contribution in [1.82, 2.24) is 14.5 Å². The van der Waals surface area contributed by atoms with Crippen molar-refractivity contribution in [3.05, 3.63) is 48.9 Å². The molecule has 0 aliphatic carbocycles. The third-order valence-corrected chi connectivity index (χ3v) is 2.79. The third-order valence-electron chi connectivity index (χ3n) is 2.79. The van der Waals surface area contributed by atoms with Gasteiger partial charge in [-0.15, -0.1) is 0 Å². The van der Waals surface area contributed by atoms with Crippen LogP contribution in [0.15, 0.2) is 48.9 Å². The molecule has 20 heavy (non-hydrogen) atoms. The molecule has 0 aliphatic rings. The Bertz CT molecular complexity index is 753. The number of fused-ring (bicyclic) bond motifs is 1. The molecule has 2 aromatic heterocycles. The Labute approximate surface area is 114 Å². The molecular weight excluding hydrogens is 258 g/mol. The maximum absolute atomic E-state index is 10.5. The van der Waals surface area contributed by atoms with Crippen molar-refractivity contribution in [2.75, 3.05) is 6.61 Å². The minimum Gasteiger partial charge on any atom is -0.482 e. The maximum atomic E-state index is 10.5. The molecule has 0 atom stereocenters. The number of carboxylic acid groups (broad SMARTS) is 1. The molecule has 0 aliphatic heterocycles. The second-order valence-electron chi connectivity index (χ2n) is 4.14. The lowest BCUT2D eigenvalue weighted by molar-refractivity contribution is -0.139.